The highest BCUT2D eigenvalue weighted by atomic mass is 16.2. The molecule has 0 aromatic carbocycles. The fourth-order valence-electron chi connectivity index (χ4n) is 1.89. The Hall–Kier alpha value is -0.900. The highest BCUT2D eigenvalue weighted by molar-refractivity contribution is 5.79. The number of amides is 2. The molecular formula is C7H11N3O. The fraction of sp³-hybridized carbons (Fsp3) is 0.714. The molecule has 0 aromatic heterocycles. The number of hydrogen-bond donors (Lipinski definition) is 1. The van der Waals surface area contributed by atoms with Gasteiger partial charge >= 0.3 is 6.03 Å². The highest BCUT2D eigenvalue weighted by Gasteiger charge is 2.39. The molecule has 60 valence electrons. The Morgan fingerprint density at radius 1 is 1.73 bits per heavy atom. The van der Waals surface area contributed by atoms with Crippen molar-refractivity contribution in [3.8, 4) is 0 Å². The second-order valence-electron chi connectivity index (χ2n) is 3.09. The monoisotopic (exact) mass is 153 g/mol. The summed E-state index contributed by atoms with van der Waals surface area (Å²) in [4.78, 5) is 16.3. The molecule has 2 bridgehead atoms. The summed E-state index contributed by atoms with van der Waals surface area (Å²) >= 11 is 0. The molecule has 2 saturated heterocycles. The number of piperazine rings is 1. The normalized spacial score (nSPS) is 34.4. The summed E-state index contributed by atoms with van der Waals surface area (Å²) in [6, 6.07) is 0.711. The van der Waals surface area contributed by atoms with Crippen molar-refractivity contribution >= 4 is 12.7 Å². The maximum Gasteiger partial charge on any atom is 0.343 e. The average molecular weight is 153 g/mol. The fourth-order valence-corrected chi connectivity index (χ4v) is 1.89. The molecule has 0 unspecified atom stereocenters. The van der Waals surface area contributed by atoms with Crippen LogP contribution in [0.4, 0.5) is 4.79 Å². The lowest BCUT2D eigenvalue weighted by atomic mass is 10.2. The number of carbonyl (C=O) groups excluding carboxylic acids is 1. The Balaban J connectivity index is 2.07. The minimum Gasteiger partial charge on any atom is -0.317 e. The van der Waals surface area contributed by atoms with E-state index in [-0.39, 0.29) is 6.03 Å². The minimum atomic E-state index is -0.168. The molecule has 0 saturated carbocycles. The first-order valence-electron chi connectivity index (χ1n) is 3.82. The summed E-state index contributed by atoms with van der Waals surface area (Å²) in [6.07, 6.45) is 1.08. The van der Waals surface area contributed by atoms with Gasteiger partial charge in [-0.3, -0.25) is 0 Å². The molecule has 0 aliphatic carbocycles. The number of hydrogen-bond acceptors (Lipinski definition) is 2. The van der Waals surface area contributed by atoms with Gasteiger partial charge in [0.2, 0.25) is 0 Å². The molecule has 2 rings (SSSR count). The van der Waals surface area contributed by atoms with Crippen molar-refractivity contribution in [2.75, 3.05) is 13.1 Å². The third-order valence-corrected chi connectivity index (χ3v) is 2.44. The van der Waals surface area contributed by atoms with Crippen LogP contribution >= 0.6 is 0 Å². The van der Waals surface area contributed by atoms with Crippen LogP contribution in [-0.2, 0) is 0 Å². The van der Waals surface area contributed by atoms with Gasteiger partial charge in [0.25, 0.3) is 0 Å². The van der Waals surface area contributed by atoms with Crippen molar-refractivity contribution in [3.63, 3.8) is 0 Å². The quantitative estimate of drug-likeness (QED) is 0.492. The largest absolute Gasteiger partial charge is 0.343 e. The first kappa shape index (κ1) is 6.79. The van der Waals surface area contributed by atoms with Gasteiger partial charge < -0.3 is 10.2 Å². The molecular weight excluding hydrogens is 142 g/mol. The van der Waals surface area contributed by atoms with E-state index in [1.807, 2.05) is 0 Å². The molecule has 4 nitrogen and oxygen atoms in total. The predicted molar refractivity (Wildman–Crippen MR) is 41.8 cm³/mol. The van der Waals surface area contributed by atoms with Crippen molar-refractivity contribution in [1.29, 1.82) is 0 Å². The van der Waals surface area contributed by atoms with Gasteiger partial charge in [-0.15, -0.1) is 0 Å². The van der Waals surface area contributed by atoms with Gasteiger partial charge in [-0.1, -0.05) is 0 Å². The molecule has 2 heterocycles. The Kier molecular flexibility index (Phi) is 1.42. The zero-order chi connectivity index (χ0) is 7.84. The van der Waals surface area contributed by atoms with Crippen LogP contribution in [0.1, 0.15) is 6.42 Å². The Labute approximate surface area is 65.3 Å². The number of rotatable bonds is 0. The summed E-state index contributed by atoms with van der Waals surface area (Å²) in [5.41, 5.74) is 0. The van der Waals surface area contributed by atoms with E-state index >= 15 is 0 Å². The first-order chi connectivity index (χ1) is 5.31. The highest BCUT2D eigenvalue weighted by Crippen LogP contribution is 2.23. The number of urea groups is 1. The number of carbonyl (C=O) groups is 1. The lowest BCUT2D eigenvalue weighted by Gasteiger charge is -2.24. The van der Waals surface area contributed by atoms with Gasteiger partial charge in [0.15, 0.2) is 0 Å². The molecule has 2 fully saturated rings. The van der Waals surface area contributed by atoms with Crippen molar-refractivity contribution < 1.29 is 4.79 Å². The van der Waals surface area contributed by atoms with E-state index in [4.69, 9.17) is 0 Å². The van der Waals surface area contributed by atoms with E-state index in [9.17, 15) is 4.79 Å². The molecule has 0 aromatic rings. The summed E-state index contributed by atoms with van der Waals surface area (Å²) in [6.45, 7) is 4.96. The average Bonchev–Trinajstić information content (AvgIpc) is 2.62. The van der Waals surface area contributed by atoms with Gasteiger partial charge in [0.1, 0.15) is 0 Å². The second kappa shape index (κ2) is 2.30. The van der Waals surface area contributed by atoms with Crippen LogP contribution in [0.25, 0.3) is 0 Å². The van der Waals surface area contributed by atoms with E-state index in [0.29, 0.717) is 12.1 Å². The van der Waals surface area contributed by atoms with Crippen molar-refractivity contribution in [3.05, 3.63) is 0 Å². The van der Waals surface area contributed by atoms with Crippen molar-refractivity contribution in [2.45, 2.75) is 18.5 Å². The predicted octanol–water partition coefficient (Wildman–Crippen LogP) is -0.147. The van der Waals surface area contributed by atoms with E-state index in [2.05, 4.69) is 17.0 Å². The van der Waals surface area contributed by atoms with E-state index in [0.717, 1.165) is 19.5 Å². The first-order valence-corrected chi connectivity index (χ1v) is 3.82. The number of nitrogens with one attached hydrogen (secondary N) is 1. The number of fused-ring (bicyclic) bond motifs is 2. The van der Waals surface area contributed by atoms with E-state index in [1.54, 1.807) is 4.90 Å². The van der Waals surface area contributed by atoms with Gasteiger partial charge in [0.05, 0.1) is 0 Å². The molecule has 2 aliphatic heterocycles. The molecule has 2 amide bonds. The van der Waals surface area contributed by atoms with Gasteiger partial charge in [0, 0.05) is 25.2 Å². The third kappa shape index (κ3) is 0.939. The van der Waals surface area contributed by atoms with Crippen molar-refractivity contribution in [2.24, 2.45) is 4.99 Å². The van der Waals surface area contributed by atoms with Crippen LogP contribution in [0, 0.1) is 0 Å². The Bertz CT molecular complexity index is 204. The standard InChI is InChI=1S/C7H11N3O/c1-8-7(11)10-4-5-2-6(10)3-9-5/h5-6,9H,1-4H2/t5-,6-/m0/s1. The maximum atomic E-state index is 11.1. The molecule has 0 spiro atoms. The Morgan fingerprint density at radius 2 is 2.55 bits per heavy atom. The summed E-state index contributed by atoms with van der Waals surface area (Å²) in [7, 11) is 0. The molecule has 11 heavy (non-hydrogen) atoms. The smallest absolute Gasteiger partial charge is 0.317 e. The molecule has 2 atom stereocenters. The van der Waals surface area contributed by atoms with Crippen LogP contribution in [-0.4, -0.2) is 42.8 Å². The zero-order valence-electron chi connectivity index (χ0n) is 6.29. The van der Waals surface area contributed by atoms with Crippen LogP contribution in [0.15, 0.2) is 4.99 Å². The summed E-state index contributed by atoms with van der Waals surface area (Å²) in [5, 5.41) is 3.31. The van der Waals surface area contributed by atoms with Crippen LogP contribution in [0.3, 0.4) is 0 Å². The molecule has 2 aliphatic rings. The maximum absolute atomic E-state index is 11.1. The number of likely N-dealkylation sites (tertiary alicyclic amines) is 1. The van der Waals surface area contributed by atoms with Crippen LogP contribution in [0.2, 0.25) is 0 Å². The summed E-state index contributed by atoms with van der Waals surface area (Å²) in [5.74, 6) is 0. The van der Waals surface area contributed by atoms with Gasteiger partial charge in [-0.05, 0) is 13.1 Å². The van der Waals surface area contributed by atoms with E-state index < -0.39 is 0 Å². The molecule has 4 heteroatoms. The van der Waals surface area contributed by atoms with Gasteiger partial charge in [-0.2, -0.15) is 0 Å². The SMILES string of the molecule is C=NC(=O)N1C[C@@H]2C[C@H]1CN2. The molecule has 1 N–H and O–H groups in total. The molecule has 0 radical (unpaired) electrons. The minimum absolute atomic E-state index is 0.168. The second-order valence-corrected chi connectivity index (χ2v) is 3.09. The van der Waals surface area contributed by atoms with Crippen LogP contribution in [0.5, 0.6) is 0 Å². The lowest BCUT2D eigenvalue weighted by molar-refractivity contribution is 0.195. The topological polar surface area (TPSA) is 44.7 Å². The number of nitrogens with zero attached hydrogens (tertiary/aromatic N) is 2. The third-order valence-electron chi connectivity index (χ3n) is 2.44. The van der Waals surface area contributed by atoms with E-state index in [1.165, 1.54) is 0 Å². The van der Waals surface area contributed by atoms with Crippen LogP contribution < -0.4 is 5.32 Å². The number of aliphatic imine (C=N–C) groups is 1. The Morgan fingerprint density at radius 3 is 3.00 bits per heavy atom. The van der Waals surface area contributed by atoms with Gasteiger partial charge in [-0.25, -0.2) is 9.79 Å². The summed E-state index contributed by atoms with van der Waals surface area (Å²) < 4.78 is 0. The zero-order valence-corrected chi connectivity index (χ0v) is 6.29. The lowest BCUT2D eigenvalue weighted by Crippen LogP contribution is -2.45. The van der Waals surface area contributed by atoms with Crippen molar-refractivity contribution in [1.82, 2.24) is 10.2 Å².